The van der Waals surface area contributed by atoms with Crippen molar-refractivity contribution in [3.05, 3.63) is 54.1 Å². The summed E-state index contributed by atoms with van der Waals surface area (Å²) in [7, 11) is 1.63. The second-order valence-electron chi connectivity index (χ2n) is 6.33. The van der Waals surface area contributed by atoms with Crippen molar-refractivity contribution in [3.8, 4) is 11.5 Å². The molecule has 2 aromatic carbocycles. The van der Waals surface area contributed by atoms with E-state index in [1.807, 2.05) is 67.3 Å². The number of carbonyl (C=O) groups is 1. The van der Waals surface area contributed by atoms with Crippen LogP contribution in [-0.2, 0) is 11.2 Å². The number of fused-ring (bicyclic) bond motifs is 1. The fourth-order valence-corrected chi connectivity index (χ4v) is 2.80. The third-order valence-electron chi connectivity index (χ3n) is 3.90. The Kier molecular flexibility index (Phi) is 3.99. The predicted octanol–water partition coefficient (Wildman–Crippen LogP) is 3.44. The molecule has 4 nitrogen and oxygen atoms in total. The monoisotopic (exact) mass is 311 g/mol. The number of para-hydroxylation sites is 2. The van der Waals surface area contributed by atoms with Gasteiger partial charge in [0.2, 0.25) is 5.91 Å². The minimum Gasteiger partial charge on any atom is -0.497 e. The number of hydrogen-bond donors (Lipinski definition) is 0. The number of anilines is 1. The number of carbonyl (C=O) groups excluding carboxylic acids is 1. The molecule has 1 aliphatic rings. The van der Waals surface area contributed by atoms with Crippen molar-refractivity contribution in [1.29, 1.82) is 0 Å². The fourth-order valence-electron chi connectivity index (χ4n) is 2.80. The molecule has 0 saturated carbocycles. The maximum absolute atomic E-state index is 12.8. The highest BCUT2D eigenvalue weighted by Gasteiger charge is 2.34. The van der Waals surface area contributed by atoms with Crippen LogP contribution >= 0.6 is 0 Å². The Balaban J connectivity index is 1.83. The Bertz CT molecular complexity index is 707. The van der Waals surface area contributed by atoms with E-state index in [0.717, 1.165) is 22.7 Å². The summed E-state index contributed by atoms with van der Waals surface area (Å²) in [5, 5.41) is 0. The molecule has 0 bridgehead atoms. The van der Waals surface area contributed by atoms with Crippen molar-refractivity contribution in [2.45, 2.75) is 25.9 Å². The fraction of sp³-hybridized carbons (Fsp3) is 0.316. The molecule has 23 heavy (non-hydrogen) atoms. The van der Waals surface area contributed by atoms with Gasteiger partial charge in [0.15, 0.2) is 0 Å². The van der Waals surface area contributed by atoms with Gasteiger partial charge in [-0.15, -0.1) is 0 Å². The number of ether oxygens (including phenoxy) is 2. The van der Waals surface area contributed by atoms with Crippen molar-refractivity contribution in [2.24, 2.45) is 0 Å². The summed E-state index contributed by atoms with van der Waals surface area (Å²) in [6.07, 6.45) is 0.356. The topological polar surface area (TPSA) is 38.8 Å². The number of methoxy groups -OCH3 is 1. The van der Waals surface area contributed by atoms with Gasteiger partial charge in [-0.3, -0.25) is 4.79 Å². The third-order valence-corrected chi connectivity index (χ3v) is 3.90. The first kappa shape index (κ1) is 15.4. The zero-order chi connectivity index (χ0) is 16.4. The van der Waals surface area contributed by atoms with Gasteiger partial charge >= 0.3 is 0 Å². The van der Waals surface area contributed by atoms with Gasteiger partial charge in [0, 0.05) is 0 Å². The highest BCUT2D eigenvalue weighted by atomic mass is 16.5. The summed E-state index contributed by atoms with van der Waals surface area (Å²) in [5.41, 5.74) is 1.41. The third kappa shape index (κ3) is 3.31. The quantitative estimate of drug-likeness (QED) is 0.871. The van der Waals surface area contributed by atoms with Gasteiger partial charge in [-0.25, -0.2) is 0 Å². The number of amides is 1. The number of rotatable bonds is 3. The average molecular weight is 311 g/mol. The van der Waals surface area contributed by atoms with Crippen LogP contribution in [0.15, 0.2) is 48.5 Å². The first-order valence-corrected chi connectivity index (χ1v) is 7.70. The molecule has 0 N–H and O–H groups in total. The highest BCUT2D eigenvalue weighted by molar-refractivity contribution is 5.96. The van der Waals surface area contributed by atoms with Crippen molar-refractivity contribution < 1.29 is 14.3 Å². The SMILES string of the molecule is COc1ccc(CC(=O)N2CC(C)(C)Oc3ccccc32)cc1. The van der Waals surface area contributed by atoms with Crippen LogP contribution in [0.2, 0.25) is 0 Å². The first-order chi connectivity index (χ1) is 11.0. The molecule has 0 aromatic heterocycles. The van der Waals surface area contributed by atoms with E-state index < -0.39 is 5.60 Å². The van der Waals surface area contributed by atoms with Gasteiger partial charge in [-0.05, 0) is 43.7 Å². The minimum absolute atomic E-state index is 0.0685. The maximum atomic E-state index is 12.8. The van der Waals surface area contributed by atoms with Crippen LogP contribution in [0, 0.1) is 0 Å². The Morgan fingerprint density at radius 3 is 2.57 bits per heavy atom. The normalized spacial score (nSPS) is 15.5. The second-order valence-corrected chi connectivity index (χ2v) is 6.33. The molecule has 0 spiro atoms. The molecule has 0 unspecified atom stereocenters. The molecule has 0 aliphatic carbocycles. The standard InChI is InChI=1S/C19H21NO3/c1-19(2)13-20(16-6-4-5-7-17(16)23-19)18(21)12-14-8-10-15(22-3)11-9-14/h4-11H,12-13H2,1-3H3. The first-order valence-electron chi connectivity index (χ1n) is 7.70. The van der Waals surface area contributed by atoms with Crippen LogP contribution in [0.4, 0.5) is 5.69 Å². The van der Waals surface area contributed by atoms with E-state index in [2.05, 4.69) is 0 Å². The molecular weight excluding hydrogens is 290 g/mol. The number of benzene rings is 2. The Labute approximate surface area is 136 Å². The van der Waals surface area contributed by atoms with Crippen LogP contribution < -0.4 is 14.4 Å². The average Bonchev–Trinajstić information content (AvgIpc) is 2.54. The van der Waals surface area contributed by atoms with Crippen molar-refractivity contribution in [2.75, 3.05) is 18.6 Å². The van der Waals surface area contributed by atoms with E-state index in [9.17, 15) is 4.79 Å². The van der Waals surface area contributed by atoms with E-state index in [1.165, 1.54) is 0 Å². The summed E-state index contributed by atoms with van der Waals surface area (Å²) in [6.45, 7) is 4.53. The summed E-state index contributed by atoms with van der Waals surface area (Å²) >= 11 is 0. The molecule has 1 heterocycles. The van der Waals surface area contributed by atoms with Crippen LogP contribution in [-0.4, -0.2) is 25.2 Å². The van der Waals surface area contributed by atoms with E-state index >= 15 is 0 Å². The van der Waals surface area contributed by atoms with Crippen molar-refractivity contribution in [3.63, 3.8) is 0 Å². The Morgan fingerprint density at radius 2 is 1.87 bits per heavy atom. The van der Waals surface area contributed by atoms with Gasteiger partial charge in [-0.2, -0.15) is 0 Å². The lowest BCUT2D eigenvalue weighted by atomic mass is 10.0. The second kappa shape index (κ2) is 5.95. The molecule has 4 heteroatoms. The zero-order valence-electron chi connectivity index (χ0n) is 13.7. The summed E-state index contributed by atoms with van der Waals surface area (Å²) < 4.78 is 11.1. The lowest BCUT2D eigenvalue weighted by molar-refractivity contribution is -0.118. The molecule has 3 rings (SSSR count). The van der Waals surface area contributed by atoms with Crippen molar-refractivity contribution in [1.82, 2.24) is 0 Å². The molecule has 0 atom stereocenters. The summed E-state index contributed by atoms with van der Waals surface area (Å²) in [4.78, 5) is 14.6. The smallest absolute Gasteiger partial charge is 0.231 e. The number of hydrogen-bond acceptors (Lipinski definition) is 3. The van der Waals surface area contributed by atoms with Crippen LogP contribution in [0.1, 0.15) is 19.4 Å². The summed E-state index contributed by atoms with van der Waals surface area (Å²) in [6, 6.07) is 15.3. The van der Waals surface area contributed by atoms with Crippen LogP contribution in [0.3, 0.4) is 0 Å². The Morgan fingerprint density at radius 1 is 1.17 bits per heavy atom. The van der Waals surface area contributed by atoms with Gasteiger partial charge in [-0.1, -0.05) is 24.3 Å². The maximum Gasteiger partial charge on any atom is 0.231 e. The van der Waals surface area contributed by atoms with Gasteiger partial charge in [0.25, 0.3) is 0 Å². The molecule has 2 aromatic rings. The highest BCUT2D eigenvalue weighted by Crippen LogP contribution is 2.36. The molecule has 0 saturated heterocycles. The van der Waals surface area contributed by atoms with Crippen LogP contribution in [0.25, 0.3) is 0 Å². The molecule has 1 amide bonds. The predicted molar refractivity (Wildman–Crippen MR) is 90.2 cm³/mol. The molecule has 120 valence electrons. The zero-order valence-corrected chi connectivity index (χ0v) is 13.7. The molecular formula is C19H21NO3. The van der Waals surface area contributed by atoms with E-state index in [-0.39, 0.29) is 5.91 Å². The van der Waals surface area contributed by atoms with Gasteiger partial charge < -0.3 is 14.4 Å². The van der Waals surface area contributed by atoms with Gasteiger partial charge in [0.1, 0.15) is 17.1 Å². The number of nitrogens with zero attached hydrogens (tertiary/aromatic N) is 1. The van der Waals surface area contributed by atoms with E-state index in [1.54, 1.807) is 7.11 Å². The van der Waals surface area contributed by atoms with E-state index in [4.69, 9.17) is 9.47 Å². The lowest BCUT2D eigenvalue weighted by Crippen LogP contribution is -2.49. The largest absolute Gasteiger partial charge is 0.497 e. The summed E-state index contributed by atoms with van der Waals surface area (Å²) in [5.74, 6) is 1.62. The van der Waals surface area contributed by atoms with Crippen molar-refractivity contribution >= 4 is 11.6 Å². The van der Waals surface area contributed by atoms with Crippen LogP contribution in [0.5, 0.6) is 11.5 Å². The minimum atomic E-state index is -0.399. The Hall–Kier alpha value is -2.49. The molecule has 0 radical (unpaired) electrons. The van der Waals surface area contributed by atoms with E-state index in [0.29, 0.717) is 13.0 Å². The molecule has 1 aliphatic heterocycles. The lowest BCUT2D eigenvalue weighted by Gasteiger charge is -2.39. The molecule has 0 fully saturated rings. The van der Waals surface area contributed by atoms with Gasteiger partial charge in [0.05, 0.1) is 25.8 Å².